The molecule has 0 saturated carbocycles. The number of likely N-dealkylation sites (N-methyl/N-ethyl adjacent to an activating group) is 1. The molecule has 0 radical (unpaired) electrons. The highest BCUT2D eigenvalue weighted by atomic mass is 32.1. The first-order valence-corrected chi connectivity index (χ1v) is 9.81. The normalized spacial score (nSPS) is 16.9. The largest absolute Gasteiger partial charge is 0.453 e. The molecule has 1 atom stereocenters. The molecule has 2 N–H and O–H groups in total. The van der Waals surface area contributed by atoms with E-state index >= 15 is 0 Å². The van der Waals surface area contributed by atoms with Crippen LogP contribution in [0.25, 0.3) is 10.2 Å². The zero-order valence-electron chi connectivity index (χ0n) is 15.7. The summed E-state index contributed by atoms with van der Waals surface area (Å²) in [6.07, 6.45) is 2.55. The number of aromatic nitrogens is 1. The lowest BCUT2D eigenvalue weighted by molar-refractivity contribution is 0.0788. The van der Waals surface area contributed by atoms with Crippen molar-refractivity contribution < 1.29 is 13.9 Å². The van der Waals surface area contributed by atoms with Crippen molar-refractivity contribution >= 4 is 33.1 Å². The van der Waals surface area contributed by atoms with Crippen molar-refractivity contribution in [2.24, 2.45) is 0 Å². The second kappa shape index (κ2) is 7.37. The van der Waals surface area contributed by atoms with E-state index in [4.69, 9.17) is 10.5 Å². The Hall–Kier alpha value is -2.71. The first-order chi connectivity index (χ1) is 13.4. The number of likely N-dealkylation sites (tertiary alicyclic amines) is 1. The van der Waals surface area contributed by atoms with E-state index in [1.807, 2.05) is 19.0 Å². The highest BCUT2D eigenvalue weighted by Crippen LogP contribution is 2.36. The summed E-state index contributed by atoms with van der Waals surface area (Å²) >= 11 is 1.32. The molecule has 1 aliphatic rings. The molecular weight excluding hydrogens is 379 g/mol. The number of anilines is 1. The standard InChI is InChI=1S/C20H21FN4O2S/c1-24(2)13-6-8-25(11-13)20(26)18-10-15-19(28-18)17(5-7-23-15)27-16-4-3-12(22)9-14(16)21/h3-5,7,9-10,13H,6,8,11,22H2,1-2H3. The maximum absolute atomic E-state index is 14.1. The predicted octanol–water partition coefficient (Wildman–Crippen LogP) is 3.59. The molecule has 1 amide bonds. The number of nitrogen functional groups attached to an aromatic ring is 1. The second-order valence-electron chi connectivity index (χ2n) is 7.08. The van der Waals surface area contributed by atoms with Gasteiger partial charge in [0.05, 0.1) is 15.1 Å². The number of ether oxygens (including phenoxy) is 1. The van der Waals surface area contributed by atoms with Crippen LogP contribution >= 0.6 is 11.3 Å². The van der Waals surface area contributed by atoms with Crippen LogP contribution in [0, 0.1) is 5.82 Å². The zero-order chi connectivity index (χ0) is 19.8. The zero-order valence-corrected chi connectivity index (χ0v) is 16.5. The molecule has 3 heterocycles. The Bertz CT molecular complexity index is 1040. The van der Waals surface area contributed by atoms with Crippen molar-refractivity contribution in [3.05, 3.63) is 47.2 Å². The van der Waals surface area contributed by atoms with Crippen molar-refractivity contribution in [1.82, 2.24) is 14.8 Å². The Kier molecular flexibility index (Phi) is 4.91. The van der Waals surface area contributed by atoms with Crippen molar-refractivity contribution in [2.75, 3.05) is 32.9 Å². The van der Waals surface area contributed by atoms with Gasteiger partial charge in [0, 0.05) is 43.1 Å². The number of hydrogen-bond acceptors (Lipinski definition) is 6. The van der Waals surface area contributed by atoms with Crippen LogP contribution in [0.4, 0.5) is 10.1 Å². The second-order valence-corrected chi connectivity index (χ2v) is 8.14. The lowest BCUT2D eigenvalue weighted by atomic mass is 10.2. The molecule has 146 valence electrons. The molecular formula is C20H21FN4O2S. The van der Waals surface area contributed by atoms with Gasteiger partial charge < -0.3 is 20.3 Å². The highest BCUT2D eigenvalue weighted by molar-refractivity contribution is 7.21. The summed E-state index contributed by atoms with van der Waals surface area (Å²) in [5, 5.41) is 0. The molecule has 1 fully saturated rings. The number of fused-ring (bicyclic) bond motifs is 1. The van der Waals surface area contributed by atoms with Gasteiger partial charge in [0.25, 0.3) is 5.91 Å². The van der Waals surface area contributed by atoms with Gasteiger partial charge in [-0.2, -0.15) is 0 Å². The Balaban J connectivity index is 1.61. The van der Waals surface area contributed by atoms with Gasteiger partial charge in [-0.05, 0) is 38.7 Å². The fraction of sp³-hybridized carbons (Fsp3) is 0.300. The van der Waals surface area contributed by atoms with Gasteiger partial charge in [0.15, 0.2) is 11.6 Å². The van der Waals surface area contributed by atoms with Crippen molar-refractivity contribution in [2.45, 2.75) is 12.5 Å². The number of thiophene rings is 1. The number of carbonyl (C=O) groups excluding carboxylic acids is 1. The average molecular weight is 400 g/mol. The maximum atomic E-state index is 14.1. The molecule has 2 aromatic heterocycles. The van der Waals surface area contributed by atoms with Crippen LogP contribution in [0.1, 0.15) is 16.1 Å². The van der Waals surface area contributed by atoms with Crippen LogP contribution < -0.4 is 10.5 Å². The third-order valence-electron chi connectivity index (χ3n) is 4.94. The summed E-state index contributed by atoms with van der Waals surface area (Å²) < 4.78 is 20.6. The van der Waals surface area contributed by atoms with Crippen LogP contribution in [0.2, 0.25) is 0 Å². The summed E-state index contributed by atoms with van der Waals surface area (Å²) in [5.41, 5.74) is 6.57. The van der Waals surface area contributed by atoms with E-state index < -0.39 is 5.82 Å². The average Bonchev–Trinajstić information content (AvgIpc) is 3.31. The Labute approximate surface area is 166 Å². The van der Waals surface area contributed by atoms with Gasteiger partial charge in [-0.25, -0.2) is 4.39 Å². The van der Waals surface area contributed by atoms with E-state index in [9.17, 15) is 9.18 Å². The smallest absolute Gasteiger partial charge is 0.264 e. The van der Waals surface area contributed by atoms with E-state index in [1.54, 1.807) is 24.4 Å². The fourth-order valence-corrected chi connectivity index (χ4v) is 4.36. The summed E-state index contributed by atoms with van der Waals surface area (Å²) in [5.74, 6) is 0.00299. The van der Waals surface area contributed by atoms with Crippen LogP contribution in [-0.4, -0.2) is 53.9 Å². The van der Waals surface area contributed by atoms with E-state index in [0.29, 0.717) is 39.1 Å². The number of halogens is 1. The Morgan fingerprint density at radius 3 is 2.86 bits per heavy atom. The number of amides is 1. The molecule has 28 heavy (non-hydrogen) atoms. The minimum Gasteiger partial charge on any atom is -0.453 e. The molecule has 1 aliphatic heterocycles. The molecule has 1 saturated heterocycles. The minimum absolute atomic E-state index is 0.00281. The van der Waals surface area contributed by atoms with Crippen LogP contribution in [0.15, 0.2) is 36.5 Å². The van der Waals surface area contributed by atoms with Crippen LogP contribution in [0.5, 0.6) is 11.5 Å². The Morgan fingerprint density at radius 2 is 2.14 bits per heavy atom. The lowest BCUT2D eigenvalue weighted by Gasteiger charge is -2.19. The quantitative estimate of drug-likeness (QED) is 0.678. The number of nitrogens with zero attached hydrogens (tertiary/aromatic N) is 3. The molecule has 0 aliphatic carbocycles. The molecule has 0 spiro atoms. The molecule has 0 bridgehead atoms. The fourth-order valence-electron chi connectivity index (χ4n) is 3.32. The van der Waals surface area contributed by atoms with E-state index in [1.165, 1.54) is 23.5 Å². The SMILES string of the molecule is CN(C)C1CCN(C(=O)c2cc3nccc(Oc4ccc(N)cc4F)c3s2)C1. The Morgan fingerprint density at radius 1 is 1.32 bits per heavy atom. The molecule has 8 heteroatoms. The molecule has 3 aromatic rings. The van der Waals surface area contributed by atoms with Gasteiger partial charge in [0.1, 0.15) is 5.75 Å². The monoisotopic (exact) mass is 400 g/mol. The molecule has 6 nitrogen and oxygen atoms in total. The molecule has 1 unspecified atom stereocenters. The first kappa shape index (κ1) is 18.6. The number of hydrogen-bond donors (Lipinski definition) is 1. The number of nitrogens with two attached hydrogens (primary N) is 1. The number of pyridine rings is 1. The van der Waals surface area contributed by atoms with E-state index in [2.05, 4.69) is 9.88 Å². The van der Waals surface area contributed by atoms with Gasteiger partial charge in [-0.15, -0.1) is 11.3 Å². The first-order valence-electron chi connectivity index (χ1n) is 8.99. The van der Waals surface area contributed by atoms with Crippen LogP contribution in [-0.2, 0) is 0 Å². The van der Waals surface area contributed by atoms with E-state index in [0.717, 1.165) is 13.0 Å². The third kappa shape index (κ3) is 3.53. The molecule has 1 aromatic carbocycles. The number of rotatable bonds is 4. The van der Waals surface area contributed by atoms with Gasteiger partial charge in [-0.1, -0.05) is 0 Å². The topological polar surface area (TPSA) is 71.7 Å². The summed E-state index contributed by atoms with van der Waals surface area (Å²) in [7, 11) is 4.06. The highest BCUT2D eigenvalue weighted by Gasteiger charge is 2.29. The summed E-state index contributed by atoms with van der Waals surface area (Å²) in [6.45, 7) is 1.46. The summed E-state index contributed by atoms with van der Waals surface area (Å²) in [4.78, 5) is 21.9. The number of carbonyl (C=O) groups is 1. The van der Waals surface area contributed by atoms with Crippen molar-refractivity contribution in [3.63, 3.8) is 0 Å². The lowest BCUT2D eigenvalue weighted by Crippen LogP contribution is -2.34. The number of benzene rings is 1. The maximum Gasteiger partial charge on any atom is 0.264 e. The predicted molar refractivity (Wildman–Crippen MR) is 109 cm³/mol. The van der Waals surface area contributed by atoms with E-state index in [-0.39, 0.29) is 11.7 Å². The van der Waals surface area contributed by atoms with Crippen molar-refractivity contribution in [3.8, 4) is 11.5 Å². The van der Waals surface area contributed by atoms with Gasteiger partial charge >= 0.3 is 0 Å². The van der Waals surface area contributed by atoms with Crippen molar-refractivity contribution in [1.29, 1.82) is 0 Å². The molecule has 4 rings (SSSR count). The van der Waals surface area contributed by atoms with Gasteiger partial charge in [-0.3, -0.25) is 9.78 Å². The van der Waals surface area contributed by atoms with Crippen LogP contribution in [0.3, 0.4) is 0 Å². The minimum atomic E-state index is -0.537. The van der Waals surface area contributed by atoms with Gasteiger partial charge in [0.2, 0.25) is 0 Å². The third-order valence-corrected chi connectivity index (χ3v) is 6.07. The summed E-state index contributed by atoms with van der Waals surface area (Å²) in [6, 6.07) is 8.10.